The van der Waals surface area contributed by atoms with Gasteiger partial charge in [0.25, 0.3) is 0 Å². The molecule has 2 aromatic heterocycles. The quantitative estimate of drug-likeness (QED) is 0.630. The molecule has 0 amide bonds. The Balaban J connectivity index is 1.96. The van der Waals surface area contributed by atoms with Crippen molar-refractivity contribution >= 4 is 39.7 Å². The number of imidazole rings is 1. The number of ketones is 1. The molecule has 3 nitrogen and oxygen atoms in total. The molecule has 0 aliphatic heterocycles. The fourth-order valence-corrected chi connectivity index (χ4v) is 2.81. The van der Waals surface area contributed by atoms with Gasteiger partial charge in [0.1, 0.15) is 5.82 Å². The number of nitrogens with zero attached hydrogens (tertiary/aromatic N) is 2. The Labute approximate surface area is 112 Å². The van der Waals surface area contributed by atoms with Crippen LogP contribution in [0.2, 0.25) is 0 Å². The fraction of sp³-hybridized carbons (Fsp3) is 0.273. The summed E-state index contributed by atoms with van der Waals surface area (Å²) in [5.41, 5.74) is 0.823. The number of rotatable bonds is 4. The van der Waals surface area contributed by atoms with Crippen LogP contribution in [0.4, 0.5) is 0 Å². The largest absolute Gasteiger partial charge is 0.338 e. The zero-order valence-electron chi connectivity index (χ0n) is 8.81. The highest BCUT2D eigenvalue weighted by Crippen LogP contribution is 2.18. The van der Waals surface area contributed by atoms with Gasteiger partial charge in [0.05, 0.1) is 2.88 Å². The molecule has 2 aromatic rings. The summed E-state index contributed by atoms with van der Waals surface area (Å²) in [5.74, 6) is 1.15. The van der Waals surface area contributed by atoms with Gasteiger partial charge in [0.2, 0.25) is 0 Å². The Morgan fingerprint density at radius 1 is 1.62 bits per heavy atom. The molecule has 0 aromatic carbocycles. The Kier molecular flexibility index (Phi) is 3.75. The van der Waals surface area contributed by atoms with Crippen LogP contribution in [0.25, 0.3) is 0 Å². The average molecular weight is 346 g/mol. The second-order valence-electron chi connectivity index (χ2n) is 3.52. The number of halogens is 1. The molecule has 0 saturated carbocycles. The van der Waals surface area contributed by atoms with Crippen LogP contribution in [0.5, 0.6) is 0 Å². The average Bonchev–Trinajstić information content (AvgIpc) is 2.84. The summed E-state index contributed by atoms with van der Waals surface area (Å²) in [6, 6.07) is 1.94. The van der Waals surface area contributed by atoms with Gasteiger partial charge in [-0.2, -0.15) is 0 Å². The standard InChI is InChI=1S/C11H11IN2OS/c1-14-5-4-13-11(14)3-2-9(15)8-6-10(12)16-7-8/h4-7H,2-3H2,1H3. The van der Waals surface area contributed by atoms with E-state index in [0.717, 1.165) is 14.3 Å². The molecule has 0 fully saturated rings. The third-order valence-electron chi connectivity index (χ3n) is 2.39. The van der Waals surface area contributed by atoms with Gasteiger partial charge < -0.3 is 4.57 Å². The summed E-state index contributed by atoms with van der Waals surface area (Å²) >= 11 is 3.83. The molecule has 0 radical (unpaired) electrons. The predicted molar refractivity (Wildman–Crippen MR) is 72.9 cm³/mol. The summed E-state index contributed by atoms with van der Waals surface area (Å²) < 4.78 is 3.10. The van der Waals surface area contributed by atoms with Crippen LogP contribution in [0.3, 0.4) is 0 Å². The predicted octanol–water partition coefficient (Wildman–Crippen LogP) is 2.90. The SMILES string of the molecule is Cn1ccnc1CCC(=O)c1csc(I)c1. The lowest BCUT2D eigenvalue weighted by Gasteiger charge is -2.00. The number of hydrogen-bond donors (Lipinski definition) is 0. The van der Waals surface area contributed by atoms with E-state index in [1.807, 2.05) is 29.3 Å². The molecular weight excluding hydrogens is 335 g/mol. The molecule has 0 atom stereocenters. The molecule has 16 heavy (non-hydrogen) atoms. The molecule has 84 valence electrons. The van der Waals surface area contributed by atoms with Crippen LogP contribution in [-0.4, -0.2) is 15.3 Å². The molecule has 2 rings (SSSR count). The van der Waals surface area contributed by atoms with Crippen molar-refractivity contribution < 1.29 is 4.79 Å². The third kappa shape index (κ3) is 2.70. The van der Waals surface area contributed by atoms with Crippen molar-refractivity contribution in [1.29, 1.82) is 0 Å². The van der Waals surface area contributed by atoms with Crippen molar-refractivity contribution in [2.24, 2.45) is 7.05 Å². The minimum atomic E-state index is 0.196. The minimum Gasteiger partial charge on any atom is -0.338 e. The lowest BCUT2D eigenvalue weighted by atomic mass is 10.1. The molecule has 2 heterocycles. The van der Waals surface area contributed by atoms with Gasteiger partial charge in [0.15, 0.2) is 5.78 Å². The number of thiophene rings is 1. The van der Waals surface area contributed by atoms with Crippen LogP contribution in [0.1, 0.15) is 22.6 Å². The smallest absolute Gasteiger partial charge is 0.164 e. The summed E-state index contributed by atoms with van der Waals surface area (Å²) in [6.07, 6.45) is 4.88. The van der Waals surface area contributed by atoms with Crippen LogP contribution in [0.15, 0.2) is 23.8 Å². The van der Waals surface area contributed by atoms with Crippen LogP contribution in [0, 0.1) is 2.88 Å². The maximum Gasteiger partial charge on any atom is 0.164 e. The molecule has 0 N–H and O–H groups in total. The summed E-state index contributed by atoms with van der Waals surface area (Å²) in [6.45, 7) is 0. The van der Waals surface area contributed by atoms with Crippen molar-refractivity contribution in [1.82, 2.24) is 9.55 Å². The van der Waals surface area contributed by atoms with Gasteiger partial charge in [-0.15, -0.1) is 11.3 Å². The number of aryl methyl sites for hydroxylation is 2. The van der Waals surface area contributed by atoms with Crippen LogP contribution >= 0.6 is 33.9 Å². The van der Waals surface area contributed by atoms with Crippen LogP contribution < -0.4 is 0 Å². The first-order valence-corrected chi connectivity index (χ1v) is 6.86. The van der Waals surface area contributed by atoms with E-state index >= 15 is 0 Å². The van der Waals surface area contributed by atoms with Crippen molar-refractivity contribution in [3.05, 3.63) is 38.1 Å². The number of carbonyl (C=O) groups excluding carboxylic acids is 1. The second-order valence-corrected chi connectivity index (χ2v) is 6.32. The van der Waals surface area contributed by atoms with E-state index in [1.165, 1.54) is 0 Å². The number of hydrogen-bond acceptors (Lipinski definition) is 3. The topological polar surface area (TPSA) is 34.9 Å². The monoisotopic (exact) mass is 346 g/mol. The number of aromatic nitrogens is 2. The molecule has 0 saturated heterocycles. The van der Waals surface area contributed by atoms with Crippen molar-refractivity contribution in [2.45, 2.75) is 12.8 Å². The highest BCUT2D eigenvalue weighted by atomic mass is 127. The first-order valence-electron chi connectivity index (χ1n) is 4.90. The molecule has 0 aliphatic carbocycles. The van der Waals surface area contributed by atoms with Gasteiger partial charge in [-0.3, -0.25) is 4.79 Å². The Morgan fingerprint density at radius 2 is 2.44 bits per heavy atom. The Hall–Kier alpha value is -0.690. The molecule has 0 bridgehead atoms. The highest BCUT2D eigenvalue weighted by Gasteiger charge is 2.09. The Morgan fingerprint density at radius 3 is 3.00 bits per heavy atom. The lowest BCUT2D eigenvalue weighted by molar-refractivity contribution is 0.0982. The Bertz CT molecular complexity index is 504. The van der Waals surface area contributed by atoms with E-state index in [1.54, 1.807) is 17.5 Å². The molecular formula is C11H11IN2OS. The summed E-state index contributed by atoms with van der Waals surface area (Å²) in [5, 5.41) is 1.92. The first kappa shape index (κ1) is 11.8. The summed E-state index contributed by atoms with van der Waals surface area (Å²) in [4.78, 5) is 16.0. The zero-order chi connectivity index (χ0) is 11.5. The first-order chi connectivity index (χ1) is 7.66. The lowest BCUT2D eigenvalue weighted by Crippen LogP contribution is -2.03. The normalized spacial score (nSPS) is 10.6. The highest BCUT2D eigenvalue weighted by molar-refractivity contribution is 14.1. The fourth-order valence-electron chi connectivity index (χ4n) is 1.46. The van der Waals surface area contributed by atoms with Crippen molar-refractivity contribution in [3.63, 3.8) is 0 Å². The van der Waals surface area contributed by atoms with Gasteiger partial charge in [-0.05, 0) is 28.7 Å². The maximum atomic E-state index is 11.8. The van der Waals surface area contributed by atoms with Gasteiger partial charge >= 0.3 is 0 Å². The van der Waals surface area contributed by atoms with Crippen LogP contribution in [-0.2, 0) is 13.5 Å². The van der Waals surface area contributed by atoms with Crippen molar-refractivity contribution in [2.75, 3.05) is 0 Å². The van der Waals surface area contributed by atoms with E-state index in [0.29, 0.717) is 12.8 Å². The third-order valence-corrected chi connectivity index (χ3v) is 4.18. The van der Waals surface area contributed by atoms with E-state index in [2.05, 4.69) is 27.6 Å². The molecule has 0 aliphatic rings. The van der Waals surface area contributed by atoms with Gasteiger partial charge in [-0.25, -0.2) is 4.98 Å². The summed E-state index contributed by atoms with van der Waals surface area (Å²) in [7, 11) is 1.94. The van der Waals surface area contributed by atoms with E-state index in [4.69, 9.17) is 0 Å². The minimum absolute atomic E-state index is 0.196. The number of carbonyl (C=O) groups is 1. The maximum absolute atomic E-state index is 11.8. The number of Topliss-reactive ketones (excluding diaryl/α,β-unsaturated/α-hetero) is 1. The van der Waals surface area contributed by atoms with Gasteiger partial charge in [0, 0.05) is 43.2 Å². The molecule has 0 unspecified atom stereocenters. The van der Waals surface area contributed by atoms with E-state index < -0.39 is 0 Å². The second kappa shape index (κ2) is 5.09. The molecule has 0 spiro atoms. The van der Waals surface area contributed by atoms with E-state index in [-0.39, 0.29) is 5.78 Å². The van der Waals surface area contributed by atoms with E-state index in [9.17, 15) is 4.79 Å². The zero-order valence-corrected chi connectivity index (χ0v) is 11.8. The molecule has 5 heteroatoms. The van der Waals surface area contributed by atoms with Crippen molar-refractivity contribution in [3.8, 4) is 0 Å². The van der Waals surface area contributed by atoms with Gasteiger partial charge in [-0.1, -0.05) is 0 Å².